The maximum atomic E-state index is 14.5. The van der Waals surface area contributed by atoms with Gasteiger partial charge in [-0.15, -0.1) is 0 Å². The molecule has 0 amide bonds. The van der Waals surface area contributed by atoms with Gasteiger partial charge in [0, 0.05) is 0 Å². The van der Waals surface area contributed by atoms with Gasteiger partial charge >= 0.3 is 140 Å². The first-order chi connectivity index (χ1) is 10.6. The van der Waals surface area contributed by atoms with Gasteiger partial charge in [0.1, 0.15) is 0 Å². The van der Waals surface area contributed by atoms with E-state index in [0.29, 0.717) is 4.47 Å². The fourth-order valence-electron chi connectivity index (χ4n) is 1.79. The number of benzene rings is 1. The minimum absolute atomic E-state index is 0.104. The number of methoxy groups -OCH3 is 1. The molecule has 0 bridgehead atoms. The van der Waals surface area contributed by atoms with Crippen LogP contribution in [0.2, 0.25) is 0 Å². The van der Waals surface area contributed by atoms with Crippen LogP contribution in [-0.4, -0.2) is 25.0 Å². The van der Waals surface area contributed by atoms with E-state index in [9.17, 15) is 18.8 Å². The van der Waals surface area contributed by atoms with E-state index in [0.717, 1.165) is 26.8 Å². The Balaban J connectivity index is 3.69. The van der Waals surface area contributed by atoms with Crippen molar-refractivity contribution in [2.75, 3.05) is 7.11 Å². The zero-order valence-corrected chi connectivity index (χ0v) is 15.4. The number of rotatable bonds is 5. The number of hydrogen-bond acceptors (Lipinski definition) is 7. The molecule has 0 spiro atoms. The van der Waals surface area contributed by atoms with E-state index in [1.165, 1.54) is 13.2 Å². The van der Waals surface area contributed by atoms with Gasteiger partial charge in [-0.1, -0.05) is 0 Å². The standard InChI is InChI=1S/C13H15BrFO7P/c1-7(16)20-23(21-8(2)17,22-9(3)18)13-11(15)5-10(14)6-12(13)19-4/h5-6,23H,1-4H3. The van der Waals surface area contributed by atoms with Gasteiger partial charge < -0.3 is 0 Å². The van der Waals surface area contributed by atoms with Crippen LogP contribution in [-0.2, 0) is 28.0 Å². The molecule has 7 nitrogen and oxygen atoms in total. The molecule has 0 aromatic heterocycles. The molecule has 0 radical (unpaired) electrons. The molecule has 1 aromatic rings. The van der Waals surface area contributed by atoms with E-state index in [1.54, 1.807) is 0 Å². The average Bonchev–Trinajstić information content (AvgIpc) is 2.34. The van der Waals surface area contributed by atoms with Gasteiger partial charge in [-0.25, -0.2) is 0 Å². The summed E-state index contributed by atoms with van der Waals surface area (Å²) >= 11 is 3.08. The number of carbonyl (C=O) groups is 3. The Morgan fingerprint density at radius 2 is 1.43 bits per heavy atom. The van der Waals surface area contributed by atoms with Crippen LogP contribution in [0.4, 0.5) is 4.39 Å². The predicted octanol–water partition coefficient (Wildman–Crippen LogP) is 2.41. The number of hydrogen-bond donors (Lipinski definition) is 0. The van der Waals surface area contributed by atoms with Crippen molar-refractivity contribution in [1.29, 1.82) is 0 Å². The van der Waals surface area contributed by atoms with E-state index >= 15 is 0 Å². The summed E-state index contributed by atoms with van der Waals surface area (Å²) in [6.07, 6.45) is 0. The molecule has 128 valence electrons. The van der Waals surface area contributed by atoms with E-state index in [1.807, 2.05) is 0 Å². The van der Waals surface area contributed by atoms with E-state index in [4.69, 9.17) is 18.3 Å². The molecule has 1 rings (SSSR count). The van der Waals surface area contributed by atoms with Crippen molar-refractivity contribution < 1.29 is 37.1 Å². The van der Waals surface area contributed by atoms with Crippen LogP contribution >= 0.6 is 23.9 Å². The summed E-state index contributed by atoms with van der Waals surface area (Å²) in [4.78, 5) is 34.3. The molecule has 0 N–H and O–H groups in total. The van der Waals surface area contributed by atoms with Crippen molar-refractivity contribution in [2.24, 2.45) is 0 Å². The molecule has 0 atom stereocenters. The van der Waals surface area contributed by atoms with Crippen LogP contribution < -0.4 is 10.0 Å². The van der Waals surface area contributed by atoms with Crippen LogP contribution in [0, 0.1) is 5.82 Å². The van der Waals surface area contributed by atoms with Gasteiger partial charge in [0.05, 0.1) is 0 Å². The zero-order chi connectivity index (χ0) is 17.8. The molecular formula is C13H15BrFO7P. The minimum atomic E-state index is -4.56. The Kier molecular flexibility index (Phi) is 6.47. The van der Waals surface area contributed by atoms with Crippen molar-refractivity contribution in [2.45, 2.75) is 20.8 Å². The van der Waals surface area contributed by atoms with Gasteiger partial charge in [-0.2, -0.15) is 0 Å². The molecule has 0 aliphatic heterocycles. The van der Waals surface area contributed by atoms with Crippen molar-refractivity contribution in [1.82, 2.24) is 0 Å². The van der Waals surface area contributed by atoms with Gasteiger partial charge in [0.2, 0.25) is 0 Å². The fourth-order valence-corrected chi connectivity index (χ4v) is 4.61. The van der Waals surface area contributed by atoms with Gasteiger partial charge in [0.25, 0.3) is 0 Å². The molecule has 0 aliphatic carbocycles. The molecule has 23 heavy (non-hydrogen) atoms. The Morgan fingerprint density at radius 3 is 1.78 bits per heavy atom. The molecule has 1 aromatic carbocycles. The first kappa shape index (κ1) is 19.3. The number of halogens is 2. The van der Waals surface area contributed by atoms with Crippen molar-refractivity contribution >= 4 is 47.1 Å². The summed E-state index contributed by atoms with van der Waals surface area (Å²) < 4.78 is 34.8. The number of carbonyl (C=O) groups excluding carboxylic acids is 3. The quantitative estimate of drug-likeness (QED) is 0.686. The Hall–Kier alpha value is -1.73. The second-order valence-electron chi connectivity index (χ2n) is 4.30. The Morgan fingerprint density at radius 1 is 1.00 bits per heavy atom. The van der Waals surface area contributed by atoms with Crippen LogP contribution in [0.1, 0.15) is 20.8 Å². The van der Waals surface area contributed by atoms with Crippen LogP contribution in [0.15, 0.2) is 16.6 Å². The molecule has 0 saturated carbocycles. The summed E-state index contributed by atoms with van der Waals surface area (Å²) in [5.41, 5.74) is 0. The fraction of sp³-hybridized carbons (Fsp3) is 0.308. The summed E-state index contributed by atoms with van der Waals surface area (Å²) in [6.45, 7) is 3.04. The normalized spacial score (nSPS) is 11.4. The van der Waals surface area contributed by atoms with Crippen LogP contribution in [0.3, 0.4) is 0 Å². The molecular weight excluding hydrogens is 398 g/mol. The molecule has 0 fully saturated rings. The summed E-state index contributed by atoms with van der Waals surface area (Å²) in [7, 11) is -3.33. The zero-order valence-electron chi connectivity index (χ0n) is 12.8. The third-order valence-corrected chi connectivity index (χ3v) is 5.60. The summed E-state index contributed by atoms with van der Waals surface area (Å²) in [5, 5.41) is -0.427. The third-order valence-electron chi connectivity index (χ3n) is 2.38. The van der Waals surface area contributed by atoms with Gasteiger partial charge in [-0.3, -0.25) is 0 Å². The molecule has 0 unspecified atom stereocenters. The van der Waals surface area contributed by atoms with Crippen LogP contribution in [0.5, 0.6) is 5.75 Å². The predicted molar refractivity (Wildman–Crippen MR) is 83.9 cm³/mol. The summed E-state index contributed by atoms with van der Waals surface area (Å²) in [5.74, 6) is -3.77. The van der Waals surface area contributed by atoms with Crippen molar-refractivity contribution in [3.05, 3.63) is 22.4 Å². The third kappa shape index (κ3) is 4.87. The van der Waals surface area contributed by atoms with Gasteiger partial charge in [0.15, 0.2) is 0 Å². The first-order valence-corrected chi connectivity index (χ1v) is 8.75. The molecule has 0 saturated heterocycles. The average molecular weight is 413 g/mol. The topological polar surface area (TPSA) is 88.1 Å². The van der Waals surface area contributed by atoms with Crippen molar-refractivity contribution in [3.8, 4) is 5.75 Å². The Labute approximate surface area is 140 Å². The molecule has 0 aliphatic rings. The first-order valence-electron chi connectivity index (χ1n) is 6.23. The summed E-state index contributed by atoms with van der Waals surface area (Å²) in [6, 6.07) is 2.40. The molecule has 0 heterocycles. The Bertz CT molecular complexity index is 609. The second-order valence-corrected chi connectivity index (χ2v) is 7.44. The SMILES string of the molecule is COc1cc(Br)cc(F)c1[PH](OC(C)=O)(OC(C)=O)OC(C)=O. The monoisotopic (exact) mass is 412 g/mol. The van der Waals surface area contributed by atoms with Crippen molar-refractivity contribution in [3.63, 3.8) is 0 Å². The van der Waals surface area contributed by atoms with E-state index < -0.39 is 37.0 Å². The van der Waals surface area contributed by atoms with E-state index in [-0.39, 0.29) is 5.75 Å². The maximum absolute atomic E-state index is 14.5. The van der Waals surface area contributed by atoms with E-state index in [2.05, 4.69) is 15.9 Å². The molecule has 10 heteroatoms. The number of ether oxygens (including phenoxy) is 1. The second kappa shape index (κ2) is 7.70. The van der Waals surface area contributed by atoms with Gasteiger partial charge in [-0.05, 0) is 0 Å². The van der Waals surface area contributed by atoms with Crippen LogP contribution in [0.25, 0.3) is 0 Å².